The Balaban J connectivity index is 3.13. The summed E-state index contributed by atoms with van der Waals surface area (Å²) in [6.07, 6.45) is 0. The minimum absolute atomic E-state index is 0.393. The molecule has 0 saturated heterocycles. The van der Waals surface area contributed by atoms with Gasteiger partial charge in [0.25, 0.3) is 0 Å². The fourth-order valence-electron chi connectivity index (χ4n) is 0.988. The van der Waals surface area contributed by atoms with Gasteiger partial charge in [-0.15, -0.1) is 0 Å². The monoisotopic (exact) mass is 262 g/mol. The summed E-state index contributed by atoms with van der Waals surface area (Å²) in [5, 5.41) is 9.40. The van der Waals surface area contributed by atoms with Crippen LogP contribution in [0.25, 0.3) is 0 Å². The Morgan fingerprint density at radius 1 is 1.36 bits per heavy atom. The Morgan fingerprint density at radius 3 is 2.45 bits per heavy atom. The molecule has 0 unspecified atom stereocenters. The van der Waals surface area contributed by atoms with Crippen LogP contribution in [0.3, 0.4) is 0 Å². The Morgan fingerprint density at radius 2 is 2.00 bits per heavy atom. The summed E-state index contributed by atoms with van der Waals surface area (Å²) >= 11 is 2.24. The van der Waals surface area contributed by atoms with E-state index in [1.54, 1.807) is 6.07 Å². The van der Waals surface area contributed by atoms with Crippen LogP contribution in [0.5, 0.6) is 5.75 Å². The molecule has 0 saturated carbocycles. The second-order valence-electron chi connectivity index (χ2n) is 2.86. The van der Waals surface area contributed by atoms with E-state index in [9.17, 15) is 5.11 Å². The van der Waals surface area contributed by atoms with E-state index in [-0.39, 0.29) is 0 Å². The van der Waals surface area contributed by atoms with Gasteiger partial charge < -0.3 is 5.11 Å². The fourth-order valence-corrected chi connectivity index (χ4v) is 1.50. The number of phenolic OH excluding ortho intramolecular Hbond substituents is 1. The lowest BCUT2D eigenvalue weighted by Gasteiger charge is -2.07. The minimum atomic E-state index is 0.393. The van der Waals surface area contributed by atoms with Gasteiger partial charge in [-0.25, -0.2) is 0 Å². The van der Waals surface area contributed by atoms with E-state index in [0.717, 1.165) is 5.56 Å². The number of rotatable bonds is 1. The van der Waals surface area contributed by atoms with Gasteiger partial charge in [-0.3, -0.25) is 0 Å². The summed E-state index contributed by atoms with van der Waals surface area (Å²) in [6.45, 7) is 4.15. The quantitative estimate of drug-likeness (QED) is 0.771. The molecule has 1 nitrogen and oxygen atoms in total. The van der Waals surface area contributed by atoms with Crippen molar-refractivity contribution < 1.29 is 5.11 Å². The van der Waals surface area contributed by atoms with Gasteiger partial charge in [0.05, 0.1) is 0 Å². The highest BCUT2D eigenvalue weighted by molar-refractivity contribution is 14.1. The highest BCUT2D eigenvalue weighted by atomic mass is 127. The molecule has 0 aliphatic rings. The molecule has 2 heteroatoms. The first kappa shape index (κ1) is 8.84. The maximum atomic E-state index is 9.40. The first-order valence-corrected chi connectivity index (χ1v) is 4.67. The Bertz CT molecular complexity index is 256. The van der Waals surface area contributed by atoms with E-state index in [0.29, 0.717) is 11.7 Å². The van der Waals surface area contributed by atoms with Crippen LogP contribution >= 0.6 is 22.6 Å². The van der Waals surface area contributed by atoms with Gasteiger partial charge in [0.1, 0.15) is 5.75 Å². The van der Waals surface area contributed by atoms with Crippen LogP contribution in [0, 0.1) is 3.57 Å². The average Bonchev–Trinajstić information content (AvgIpc) is 1.94. The van der Waals surface area contributed by atoms with Crippen LogP contribution in [-0.4, -0.2) is 5.11 Å². The fraction of sp³-hybridized carbons (Fsp3) is 0.333. The van der Waals surface area contributed by atoms with E-state index in [1.807, 2.05) is 12.1 Å². The Hall–Kier alpha value is -0.250. The molecule has 0 aromatic heterocycles. The van der Waals surface area contributed by atoms with Crippen LogP contribution < -0.4 is 0 Å². The van der Waals surface area contributed by atoms with Crippen molar-refractivity contribution in [3.63, 3.8) is 0 Å². The first-order valence-electron chi connectivity index (χ1n) is 3.59. The van der Waals surface area contributed by atoms with Crippen LogP contribution in [-0.2, 0) is 0 Å². The van der Waals surface area contributed by atoms with Gasteiger partial charge in [-0.2, -0.15) is 0 Å². The summed E-state index contributed by atoms with van der Waals surface area (Å²) in [6, 6.07) is 5.67. The van der Waals surface area contributed by atoms with Crippen molar-refractivity contribution in [2.45, 2.75) is 19.8 Å². The van der Waals surface area contributed by atoms with E-state index >= 15 is 0 Å². The lowest BCUT2D eigenvalue weighted by atomic mass is 10.0. The van der Waals surface area contributed by atoms with E-state index in [1.165, 1.54) is 3.57 Å². The maximum Gasteiger partial charge on any atom is 0.119 e. The molecule has 1 rings (SSSR count). The van der Waals surface area contributed by atoms with E-state index < -0.39 is 0 Å². The van der Waals surface area contributed by atoms with Crippen LogP contribution in [0.15, 0.2) is 18.2 Å². The summed E-state index contributed by atoms with van der Waals surface area (Å²) < 4.78 is 1.17. The molecule has 0 bridgehead atoms. The Labute approximate surface area is 80.6 Å². The molecular weight excluding hydrogens is 251 g/mol. The van der Waals surface area contributed by atoms with Crippen LogP contribution in [0.1, 0.15) is 25.3 Å². The normalized spacial score (nSPS) is 10.5. The van der Waals surface area contributed by atoms with Crippen molar-refractivity contribution in [3.8, 4) is 5.75 Å². The van der Waals surface area contributed by atoms with Crippen LogP contribution in [0.4, 0.5) is 0 Å². The summed E-state index contributed by atoms with van der Waals surface area (Å²) in [5.41, 5.74) is 1.02. The molecule has 1 N–H and O–H groups in total. The molecule has 0 aliphatic carbocycles. The first-order chi connectivity index (χ1) is 5.11. The SMILES string of the molecule is CC(C)c1cc(I)ccc1O. The molecule has 0 amide bonds. The molecule has 0 radical (unpaired) electrons. The minimum Gasteiger partial charge on any atom is -0.508 e. The molecule has 0 atom stereocenters. The largest absolute Gasteiger partial charge is 0.508 e. The van der Waals surface area contributed by atoms with Gasteiger partial charge in [0.2, 0.25) is 0 Å². The van der Waals surface area contributed by atoms with Gasteiger partial charge in [0.15, 0.2) is 0 Å². The average molecular weight is 262 g/mol. The number of phenols is 1. The van der Waals surface area contributed by atoms with Crippen molar-refractivity contribution in [3.05, 3.63) is 27.3 Å². The second-order valence-corrected chi connectivity index (χ2v) is 4.10. The third-order valence-corrected chi connectivity index (χ3v) is 2.28. The van der Waals surface area contributed by atoms with Crippen molar-refractivity contribution in [2.75, 3.05) is 0 Å². The van der Waals surface area contributed by atoms with E-state index in [2.05, 4.69) is 36.4 Å². The molecule has 11 heavy (non-hydrogen) atoms. The molecule has 0 aliphatic heterocycles. The van der Waals surface area contributed by atoms with Gasteiger partial charge in [-0.1, -0.05) is 13.8 Å². The number of benzene rings is 1. The molecule has 1 aromatic rings. The molecule has 1 aromatic carbocycles. The third kappa shape index (κ3) is 2.09. The number of hydrogen-bond acceptors (Lipinski definition) is 1. The Kier molecular flexibility index (Phi) is 2.76. The standard InChI is InChI=1S/C9H11IO/c1-6(2)8-5-7(10)3-4-9(8)11/h3-6,11H,1-2H3. The topological polar surface area (TPSA) is 20.2 Å². The van der Waals surface area contributed by atoms with Gasteiger partial charge in [-0.05, 0) is 52.3 Å². The lowest BCUT2D eigenvalue weighted by Crippen LogP contribution is -1.88. The number of hydrogen-bond donors (Lipinski definition) is 1. The zero-order chi connectivity index (χ0) is 8.43. The zero-order valence-electron chi connectivity index (χ0n) is 6.63. The number of halogens is 1. The molecule has 0 heterocycles. The third-order valence-electron chi connectivity index (χ3n) is 1.61. The van der Waals surface area contributed by atoms with Crippen LogP contribution in [0.2, 0.25) is 0 Å². The van der Waals surface area contributed by atoms with Gasteiger partial charge >= 0.3 is 0 Å². The highest BCUT2D eigenvalue weighted by Gasteiger charge is 2.04. The number of aromatic hydroxyl groups is 1. The molecule has 0 spiro atoms. The molecular formula is C9H11IO. The van der Waals surface area contributed by atoms with Gasteiger partial charge in [0, 0.05) is 3.57 Å². The molecule has 60 valence electrons. The lowest BCUT2D eigenvalue weighted by molar-refractivity contribution is 0.464. The summed E-state index contributed by atoms with van der Waals surface area (Å²) in [7, 11) is 0. The zero-order valence-corrected chi connectivity index (χ0v) is 8.79. The highest BCUT2D eigenvalue weighted by Crippen LogP contribution is 2.26. The van der Waals surface area contributed by atoms with Crippen molar-refractivity contribution in [1.82, 2.24) is 0 Å². The second kappa shape index (κ2) is 3.43. The molecule has 0 fully saturated rings. The van der Waals surface area contributed by atoms with Crippen molar-refractivity contribution in [1.29, 1.82) is 0 Å². The summed E-state index contributed by atoms with van der Waals surface area (Å²) in [5.74, 6) is 0.796. The van der Waals surface area contributed by atoms with Crippen molar-refractivity contribution in [2.24, 2.45) is 0 Å². The predicted octanol–water partition coefficient (Wildman–Crippen LogP) is 3.12. The van der Waals surface area contributed by atoms with Crippen molar-refractivity contribution >= 4 is 22.6 Å². The maximum absolute atomic E-state index is 9.40. The smallest absolute Gasteiger partial charge is 0.119 e. The van der Waals surface area contributed by atoms with E-state index in [4.69, 9.17) is 0 Å². The summed E-state index contributed by atoms with van der Waals surface area (Å²) in [4.78, 5) is 0. The predicted molar refractivity (Wildman–Crippen MR) is 54.9 cm³/mol.